The minimum absolute atomic E-state index is 0. The van der Waals surface area contributed by atoms with Gasteiger partial charge in [-0.05, 0) is 6.92 Å². The third-order valence-corrected chi connectivity index (χ3v) is 0.527. The van der Waals surface area contributed by atoms with Crippen LogP contribution in [-0.2, 0) is 0 Å². The molecule has 0 rings (SSSR count). The van der Waals surface area contributed by atoms with Crippen molar-refractivity contribution in [3.8, 4) is 0 Å². The lowest BCUT2D eigenvalue weighted by atomic mass is 10.3. The summed E-state index contributed by atoms with van der Waals surface area (Å²) >= 11 is 0. The van der Waals surface area contributed by atoms with E-state index in [-0.39, 0.29) is 18.8 Å². The lowest BCUT2D eigenvalue weighted by Crippen LogP contribution is -1.98. The molecule has 0 aliphatic carbocycles. The van der Waals surface area contributed by atoms with Gasteiger partial charge in [0.2, 0.25) is 0 Å². The molecule has 0 aromatic heterocycles. The first-order valence-electron chi connectivity index (χ1n) is 2.01. The molecule has 0 radical (unpaired) electrons. The Morgan fingerprint density at radius 3 is 2.14 bits per heavy atom. The zero-order valence-corrected chi connectivity index (χ0v) is 5.04. The Labute approximate surface area is 48.9 Å². The van der Waals surface area contributed by atoms with Crippen molar-refractivity contribution in [3.05, 3.63) is 0 Å². The predicted molar refractivity (Wildman–Crippen MR) is 29.5 cm³/mol. The number of aliphatic hydroxyl groups is 1. The van der Waals surface area contributed by atoms with Gasteiger partial charge in [0, 0.05) is 6.42 Å². The third-order valence-electron chi connectivity index (χ3n) is 0.527. The largest absolute Gasteiger partial charge is 0.393 e. The van der Waals surface area contributed by atoms with Crippen LogP contribution in [-0.4, -0.2) is 17.9 Å². The SMILES string of the molecule is CC(O)CCF.Cl. The van der Waals surface area contributed by atoms with Gasteiger partial charge in [0.15, 0.2) is 0 Å². The zero-order valence-electron chi connectivity index (χ0n) is 4.22. The molecule has 0 aliphatic heterocycles. The molecule has 0 aromatic carbocycles. The van der Waals surface area contributed by atoms with E-state index in [1.165, 1.54) is 0 Å². The zero-order chi connectivity index (χ0) is 4.99. The predicted octanol–water partition coefficient (Wildman–Crippen LogP) is 1.15. The second-order valence-corrected chi connectivity index (χ2v) is 1.33. The van der Waals surface area contributed by atoms with E-state index in [2.05, 4.69) is 0 Å². The number of hydrogen-bond donors (Lipinski definition) is 1. The molecular formula is C4H10ClFO. The smallest absolute Gasteiger partial charge is 0.0918 e. The van der Waals surface area contributed by atoms with Crippen molar-refractivity contribution in [2.24, 2.45) is 0 Å². The van der Waals surface area contributed by atoms with E-state index in [1.807, 2.05) is 0 Å². The Balaban J connectivity index is 0. The van der Waals surface area contributed by atoms with Crippen molar-refractivity contribution in [1.29, 1.82) is 0 Å². The third kappa shape index (κ3) is 10.7. The fourth-order valence-corrected chi connectivity index (χ4v) is 0.158. The maximum absolute atomic E-state index is 11.1. The Bertz CT molecular complexity index is 32.9. The van der Waals surface area contributed by atoms with Crippen LogP contribution in [0.2, 0.25) is 0 Å². The Morgan fingerprint density at radius 1 is 1.71 bits per heavy atom. The average molecular weight is 129 g/mol. The molecule has 0 fully saturated rings. The summed E-state index contributed by atoms with van der Waals surface area (Å²) in [5, 5.41) is 8.31. The van der Waals surface area contributed by atoms with Gasteiger partial charge in [-0.15, -0.1) is 12.4 Å². The summed E-state index contributed by atoms with van der Waals surface area (Å²) in [6, 6.07) is 0. The summed E-state index contributed by atoms with van der Waals surface area (Å²) in [7, 11) is 0. The second-order valence-electron chi connectivity index (χ2n) is 1.33. The molecule has 7 heavy (non-hydrogen) atoms. The van der Waals surface area contributed by atoms with E-state index in [0.29, 0.717) is 0 Å². The topological polar surface area (TPSA) is 20.2 Å². The van der Waals surface area contributed by atoms with Gasteiger partial charge in [0.05, 0.1) is 12.8 Å². The van der Waals surface area contributed by atoms with Crippen molar-refractivity contribution in [2.75, 3.05) is 6.67 Å². The fourth-order valence-electron chi connectivity index (χ4n) is 0.158. The van der Waals surface area contributed by atoms with E-state index >= 15 is 0 Å². The molecule has 0 saturated carbocycles. The van der Waals surface area contributed by atoms with Gasteiger partial charge >= 0.3 is 0 Å². The Kier molecular flexibility index (Phi) is 9.02. The number of rotatable bonds is 2. The molecule has 0 spiro atoms. The highest BCUT2D eigenvalue weighted by molar-refractivity contribution is 5.85. The van der Waals surface area contributed by atoms with Crippen LogP contribution in [0.3, 0.4) is 0 Å². The van der Waals surface area contributed by atoms with E-state index < -0.39 is 12.8 Å². The maximum Gasteiger partial charge on any atom is 0.0918 e. The van der Waals surface area contributed by atoms with Crippen LogP contribution in [0.15, 0.2) is 0 Å². The molecule has 0 heterocycles. The van der Waals surface area contributed by atoms with Crippen LogP contribution in [0.1, 0.15) is 13.3 Å². The minimum atomic E-state index is -0.477. The molecule has 0 aromatic rings. The average Bonchev–Trinajstić information content (AvgIpc) is 1.35. The van der Waals surface area contributed by atoms with Crippen molar-refractivity contribution in [3.63, 3.8) is 0 Å². The van der Waals surface area contributed by atoms with E-state index in [9.17, 15) is 4.39 Å². The highest BCUT2D eigenvalue weighted by Crippen LogP contribution is 1.86. The van der Waals surface area contributed by atoms with Crippen LogP contribution in [0.25, 0.3) is 0 Å². The standard InChI is InChI=1S/C4H9FO.ClH/c1-4(6)2-3-5;/h4,6H,2-3H2,1H3;1H. The monoisotopic (exact) mass is 128 g/mol. The summed E-state index contributed by atoms with van der Waals surface area (Å²) in [6.45, 7) is 1.15. The molecule has 0 amide bonds. The molecular weight excluding hydrogens is 118 g/mol. The van der Waals surface area contributed by atoms with Gasteiger partial charge in [-0.2, -0.15) is 0 Å². The van der Waals surface area contributed by atoms with Crippen LogP contribution in [0.4, 0.5) is 4.39 Å². The lowest BCUT2D eigenvalue weighted by Gasteiger charge is -1.93. The highest BCUT2D eigenvalue weighted by Gasteiger charge is 1.89. The Hall–Kier alpha value is 0.180. The number of aliphatic hydroxyl groups excluding tert-OH is 1. The number of halogens is 2. The van der Waals surface area contributed by atoms with Gasteiger partial charge < -0.3 is 5.11 Å². The van der Waals surface area contributed by atoms with Crippen molar-refractivity contribution in [2.45, 2.75) is 19.4 Å². The molecule has 1 atom stereocenters. The molecule has 0 aliphatic rings. The first kappa shape index (κ1) is 10.2. The minimum Gasteiger partial charge on any atom is -0.393 e. The first-order chi connectivity index (χ1) is 2.77. The van der Waals surface area contributed by atoms with Crippen LogP contribution in [0, 0.1) is 0 Å². The number of alkyl halides is 1. The van der Waals surface area contributed by atoms with E-state index in [4.69, 9.17) is 5.11 Å². The number of hydrogen-bond acceptors (Lipinski definition) is 1. The summed E-state index contributed by atoms with van der Waals surface area (Å²) < 4.78 is 11.1. The molecule has 46 valence electrons. The highest BCUT2D eigenvalue weighted by atomic mass is 35.5. The fraction of sp³-hybridized carbons (Fsp3) is 1.00. The molecule has 1 unspecified atom stereocenters. The molecule has 1 nitrogen and oxygen atoms in total. The van der Waals surface area contributed by atoms with Gasteiger partial charge in [-0.25, -0.2) is 0 Å². The van der Waals surface area contributed by atoms with Crippen molar-refractivity contribution >= 4 is 12.4 Å². The second kappa shape index (κ2) is 6.18. The Morgan fingerprint density at radius 2 is 2.14 bits per heavy atom. The molecule has 1 N–H and O–H groups in total. The van der Waals surface area contributed by atoms with Crippen molar-refractivity contribution < 1.29 is 9.50 Å². The molecule has 0 saturated heterocycles. The summed E-state index contributed by atoms with van der Waals surface area (Å²) in [4.78, 5) is 0. The lowest BCUT2D eigenvalue weighted by molar-refractivity contribution is 0.172. The van der Waals surface area contributed by atoms with E-state index in [1.54, 1.807) is 6.92 Å². The van der Waals surface area contributed by atoms with Crippen LogP contribution < -0.4 is 0 Å². The van der Waals surface area contributed by atoms with Gasteiger partial charge in [-0.3, -0.25) is 4.39 Å². The first-order valence-corrected chi connectivity index (χ1v) is 2.01. The van der Waals surface area contributed by atoms with Crippen molar-refractivity contribution in [1.82, 2.24) is 0 Å². The van der Waals surface area contributed by atoms with Crippen LogP contribution in [0.5, 0.6) is 0 Å². The summed E-state index contributed by atoms with van der Waals surface area (Å²) in [6.07, 6.45) is -0.213. The van der Waals surface area contributed by atoms with Gasteiger partial charge in [0.25, 0.3) is 0 Å². The van der Waals surface area contributed by atoms with Gasteiger partial charge in [0.1, 0.15) is 0 Å². The van der Waals surface area contributed by atoms with Crippen LogP contribution >= 0.6 is 12.4 Å². The maximum atomic E-state index is 11.1. The summed E-state index contributed by atoms with van der Waals surface area (Å²) in [5.74, 6) is 0. The molecule has 0 bridgehead atoms. The normalized spacial score (nSPS) is 12.4. The summed E-state index contributed by atoms with van der Waals surface area (Å²) in [5.41, 5.74) is 0. The van der Waals surface area contributed by atoms with Gasteiger partial charge in [-0.1, -0.05) is 0 Å². The molecule has 3 heteroatoms. The van der Waals surface area contributed by atoms with E-state index in [0.717, 1.165) is 0 Å². The quantitative estimate of drug-likeness (QED) is 0.592.